The van der Waals surface area contributed by atoms with E-state index in [2.05, 4.69) is 15.5 Å². The van der Waals surface area contributed by atoms with E-state index in [1.54, 1.807) is 0 Å². The minimum absolute atomic E-state index is 0.0173. The van der Waals surface area contributed by atoms with Crippen LogP contribution >= 0.6 is 0 Å². The maximum atomic E-state index is 12.1. The number of likely N-dealkylation sites (tertiary alicyclic amines) is 1. The normalized spacial score (nSPS) is 31.2. The number of carbonyl (C=O) groups excluding carboxylic acids is 1. The Morgan fingerprint density at radius 1 is 1.50 bits per heavy atom. The van der Waals surface area contributed by atoms with Crippen LogP contribution < -0.4 is 16.4 Å². The first-order valence-electron chi connectivity index (χ1n) is 7.17. The molecule has 0 bridgehead atoms. The van der Waals surface area contributed by atoms with Crippen LogP contribution in [0.4, 0.5) is 0 Å². The Hall–Kier alpha value is -0.650. The van der Waals surface area contributed by atoms with Gasteiger partial charge in [0.15, 0.2) is 0 Å². The lowest BCUT2D eigenvalue weighted by Crippen LogP contribution is -2.64. The molecule has 1 amide bonds. The highest BCUT2D eigenvalue weighted by Gasteiger charge is 2.40. The molecule has 5 heteroatoms. The van der Waals surface area contributed by atoms with Crippen molar-refractivity contribution in [1.82, 2.24) is 15.5 Å². The molecule has 0 saturated carbocycles. The summed E-state index contributed by atoms with van der Waals surface area (Å²) < 4.78 is 0. The molecule has 2 fully saturated rings. The van der Waals surface area contributed by atoms with Gasteiger partial charge < -0.3 is 16.4 Å². The summed E-state index contributed by atoms with van der Waals surface area (Å²) in [7, 11) is 0. The van der Waals surface area contributed by atoms with Crippen molar-refractivity contribution in [3.63, 3.8) is 0 Å². The van der Waals surface area contributed by atoms with Crippen molar-refractivity contribution in [3.8, 4) is 0 Å². The Kier molecular flexibility index (Phi) is 4.59. The van der Waals surface area contributed by atoms with Gasteiger partial charge in [0, 0.05) is 19.1 Å². The fourth-order valence-electron chi connectivity index (χ4n) is 3.12. The SMILES string of the molecule is CCNC(=O)C1(N)CCCN(C2CCNCC2)C1. The lowest BCUT2D eigenvalue weighted by atomic mass is 9.87. The Morgan fingerprint density at radius 2 is 2.22 bits per heavy atom. The van der Waals surface area contributed by atoms with Crippen molar-refractivity contribution in [3.05, 3.63) is 0 Å². The van der Waals surface area contributed by atoms with E-state index in [-0.39, 0.29) is 5.91 Å². The molecular weight excluding hydrogens is 228 g/mol. The minimum atomic E-state index is -0.681. The van der Waals surface area contributed by atoms with E-state index in [9.17, 15) is 4.79 Å². The van der Waals surface area contributed by atoms with Gasteiger partial charge >= 0.3 is 0 Å². The van der Waals surface area contributed by atoms with Crippen LogP contribution in [0.3, 0.4) is 0 Å². The molecule has 2 rings (SSSR count). The number of likely N-dealkylation sites (N-methyl/N-ethyl adjacent to an activating group) is 1. The largest absolute Gasteiger partial charge is 0.355 e. The van der Waals surface area contributed by atoms with Crippen LogP contribution in [0, 0.1) is 0 Å². The molecule has 2 heterocycles. The zero-order chi connectivity index (χ0) is 13.0. The number of hydrogen-bond acceptors (Lipinski definition) is 4. The fourth-order valence-corrected chi connectivity index (χ4v) is 3.12. The Bertz CT molecular complexity index is 291. The second-order valence-electron chi connectivity index (χ2n) is 5.57. The third-order valence-corrected chi connectivity index (χ3v) is 4.17. The van der Waals surface area contributed by atoms with Gasteiger partial charge in [-0.3, -0.25) is 9.69 Å². The van der Waals surface area contributed by atoms with Crippen LogP contribution in [-0.4, -0.2) is 55.1 Å². The summed E-state index contributed by atoms with van der Waals surface area (Å²) in [6, 6.07) is 0.601. The van der Waals surface area contributed by atoms with E-state index in [4.69, 9.17) is 5.73 Å². The maximum Gasteiger partial charge on any atom is 0.241 e. The van der Waals surface area contributed by atoms with Crippen molar-refractivity contribution in [1.29, 1.82) is 0 Å². The van der Waals surface area contributed by atoms with Gasteiger partial charge in [-0.2, -0.15) is 0 Å². The second kappa shape index (κ2) is 5.99. The summed E-state index contributed by atoms with van der Waals surface area (Å²) in [5.74, 6) is 0.0173. The van der Waals surface area contributed by atoms with E-state index in [1.807, 2.05) is 6.92 Å². The first-order chi connectivity index (χ1) is 8.65. The van der Waals surface area contributed by atoms with Gasteiger partial charge in [0.2, 0.25) is 5.91 Å². The standard InChI is InChI=1S/C13H26N4O/c1-2-16-12(18)13(14)6-3-9-17(10-13)11-4-7-15-8-5-11/h11,15H,2-10,14H2,1H3,(H,16,18). The zero-order valence-corrected chi connectivity index (χ0v) is 11.4. The highest BCUT2D eigenvalue weighted by atomic mass is 16.2. The lowest BCUT2D eigenvalue weighted by Gasteiger charge is -2.44. The number of hydrogen-bond donors (Lipinski definition) is 3. The van der Waals surface area contributed by atoms with Gasteiger partial charge in [-0.1, -0.05) is 0 Å². The Labute approximate surface area is 109 Å². The molecule has 5 nitrogen and oxygen atoms in total. The van der Waals surface area contributed by atoms with Crippen LogP contribution in [-0.2, 0) is 4.79 Å². The van der Waals surface area contributed by atoms with Crippen LogP contribution in [0.5, 0.6) is 0 Å². The van der Waals surface area contributed by atoms with Crippen LogP contribution in [0.15, 0.2) is 0 Å². The van der Waals surface area contributed by atoms with Crippen LogP contribution in [0.1, 0.15) is 32.6 Å². The van der Waals surface area contributed by atoms with E-state index in [0.29, 0.717) is 19.1 Å². The average molecular weight is 254 g/mol. The van der Waals surface area contributed by atoms with E-state index >= 15 is 0 Å². The third-order valence-electron chi connectivity index (χ3n) is 4.17. The highest BCUT2D eigenvalue weighted by Crippen LogP contribution is 2.23. The van der Waals surface area contributed by atoms with Crippen molar-refractivity contribution in [2.24, 2.45) is 5.73 Å². The number of nitrogens with one attached hydrogen (secondary N) is 2. The smallest absolute Gasteiger partial charge is 0.241 e. The highest BCUT2D eigenvalue weighted by molar-refractivity contribution is 5.86. The first-order valence-corrected chi connectivity index (χ1v) is 7.17. The molecule has 0 spiro atoms. The monoisotopic (exact) mass is 254 g/mol. The number of nitrogens with zero attached hydrogens (tertiary/aromatic N) is 1. The van der Waals surface area contributed by atoms with Gasteiger partial charge in [0.1, 0.15) is 5.54 Å². The third kappa shape index (κ3) is 3.02. The molecule has 1 unspecified atom stereocenters. The molecule has 2 aliphatic rings. The quantitative estimate of drug-likeness (QED) is 0.645. The molecule has 4 N–H and O–H groups in total. The number of amides is 1. The predicted molar refractivity (Wildman–Crippen MR) is 72.3 cm³/mol. The lowest BCUT2D eigenvalue weighted by molar-refractivity contribution is -0.128. The summed E-state index contributed by atoms with van der Waals surface area (Å²) >= 11 is 0. The van der Waals surface area contributed by atoms with Crippen molar-refractivity contribution in [2.75, 3.05) is 32.7 Å². The van der Waals surface area contributed by atoms with Crippen molar-refractivity contribution < 1.29 is 4.79 Å². The summed E-state index contributed by atoms with van der Waals surface area (Å²) in [6.07, 6.45) is 4.18. The first kappa shape index (κ1) is 13.8. The van der Waals surface area contributed by atoms with Gasteiger partial charge in [0.25, 0.3) is 0 Å². The number of piperidine rings is 2. The van der Waals surface area contributed by atoms with Crippen LogP contribution in [0.25, 0.3) is 0 Å². The van der Waals surface area contributed by atoms with E-state index in [0.717, 1.165) is 32.5 Å². The molecular formula is C13H26N4O. The fraction of sp³-hybridized carbons (Fsp3) is 0.923. The number of carbonyl (C=O) groups is 1. The molecule has 0 aromatic carbocycles. The van der Waals surface area contributed by atoms with E-state index < -0.39 is 5.54 Å². The summed E-state index contributed by atoms with van der Waals surface area (Å²) in [5, 5.41) is 6.26. The van der Waals surface area contributed by atoms with Gasteiger partial charge in [0.05, 0.1) is 0 Å². The summed E-state index contributed by atoms with van der Waals surface area (Å²) in [5.41, 5.74) is 5.63. The molecule has 0 aliphatic carbocycles. The topological polar surface area (TPSA) is 70.4 Å². The van der Waals surface area contributed by atoms with Gasteiger partial charge in [-0.15, -0.1) is 0 Å². The van der Waals surface area contributed by atoms with Gasteiger partial charge in [-0.05, 0) is 52.2 Å². The van der Waals surface area contributed by atoms with E-state index in [1.165, 1.54) is 12.8 Å². The molecule has 1 atom stereocenters. The molecule has 18 heavy (non-hydrogen) atoms. The molecule has 0 aromatic heterocycles. The van der Waals surface area contributed by atoms with Crippen LogP contribution in [0.2, 0.25) is 0 Å². The second-order valence-corrected chi connectivity index (χ2v) is 5.57. The molecule has 104 valence electrons. The average Bonchev–Trinajstić information content (AvgIpc) is 2.40. The molecule has 2 saturated heterocycles. The van der Waals surface area contributed by atoms with Crippen molar-refractivity contribution in [2.45, 2.75) is 44.2 Å². The minimum Gasteiger partial charge on any atom is -0.355 e. The number of rotatable bonds is 3. The van der Waals surface area contributed by atoms with Crippen molar-refractivity contribution >= 4 is 5.91 Å². The predicted octanol–water partition coefficient (Wildman–Crippen LogP) is -0.332. The Morgan fingerprint density at radius 3 is 2.89 bits per heavy atom. The molecule has 0 aromatic rings. The number of nitrogens with two attached hydrogens (primary N) is 1. The maximum absolute atomic E-state index is 12.1. The summed E-state index contributed by atoms with van der Waals surface area (Å²) in [6.45, 7) is 6.56. The summed E-state index contributed by atoms with van der Waals surface area (Å²) in [4.78, 5) is 14.5. The molecule has 2 aliphatic heterocycles. The van der Waals surface area contributed by atoms with Gasteiger partial charge in [-0.25, -0.2) is 0 Å². The zero-order valence-electron chi connectivity index (χ0n) is 11.4. The molecule has 0 radical (unpaired) electrons. The Balaban J connectivity index is 1.96.